The minimum atomic E-state index is -2.83. The second kappa shape index (κ2) is 19.5. The van der Waals surface area contributed by atoms with Gasteiger partial charge in [-0.15, -0.1) is 0 Å². The first-order valence-corrected chi connectivity index (χ1v) is 29.5. The number of hydrogen-bond donors (Lipinski definition) is 0. The SMILES string of the molecule is CC(C)(C)c1cc(-c2cccc3c2N(c2ccccc2)CN3c2cccc(Oc3ccc4c5cc([Si](c6ccccc6)(c6ccccc6)c6ccccc6)ccc5n(-c5cc(C(C)(C)C)ccn5)c4c3)c2)cc(C(C)(C)C)c1. The van der Waals surface area contributed by atoms with Gasteiger partial charge in [0.25, 0.3) is 0 Å². The number of para-hydroxylation sites is 2. The highest BCUT2D eigenvalue weighted by Gasteiger charge is 2.42. The third-order valence-corrected chi connectivity index (χ3v) is 20.7. The predicted octanol–water partition coefficient (Wildman–Crippen LogP) is 16.2. The minimum absolute atomic E-state index is 0.0134. The van der Waals surface area contributed by atoms with Crippen molar-refractivity contribution in [2.75, 3.05) is 16.5 Å². The molecule has 386 valence electrons. The summed E-state index contributed by atoms with van der Waals surface area (Å²) in [5, 5.41) is 7.66. The van der Waals surface area contributed by atoms with Crippen molar-refractivity contribution in [3.63, 3.8) is 0 Å². The number of hydrogen-bond acceptors (Lipinski definition) is 4. The van der Waals surface area contributed by atoms with E-state index in [1.807, 2.05) is 6.20 Å². The minimum Gasteiger partial charge on any atom is -0.457 e. The largest absolute Gasteiger partial charge is 0.457 e. The Morgan fingerprint density at radius 3 is 1.58 bits per heavy atom. The molecule has 9 aromatic carbocycles. The van der Waals surface area contributed by atoms with Gasteiger partial charge in [-0.3, -0.25) is 4.57 Å². The second-order valence-corrected chi connectivity index (χ2v) is 28.0. The third-order valence-electron chi connectivity index (χ3n) is 15.9. The van der Waals surface area contributed by atoms with E-state index < -0.39 is 8.07 Å². The molecule has 0 amide bonds. The Labute approximate surface area is 462 Å². The zero-order valence-electron chi connectivity index (χ0n) is 46.4. The molecule has 2 aromatic heterocycles. The molecular formula is C72H68N4OSi. The van der Waals surface area contributed by atoms with E-state index in [-0.39, 0.29) is 16.2 Å². The molecule has 0 N–H and O–H groups in total. The van der Waals surface area contributed by atoms with Gasteiger partial charge in [0, 0.05) is 46.0 Å². The van der Waals surface area contributed by atoms with Crippen molar-refractivity contribution < 1.29 is 4.74 Å². The van der Waals surface area contributed by atoms with Gasteiger partial charge in [-0.2, -0.15) is 0 Å². The lowest BCUT2D eigenvalue weighted by Gasteiger charge is -2.34. The van der Waals surface area contributed by atoms with Crippen LogP contribution in [0, 0.1) is 0 Å². The Morgan fingerprint density at radius 1 is 0.410 bits per heavy atom. The third kappa shape index (κ3) is 9.08. The summed E-state index contributed by atoms with van der Waals surface area (Å²) in [6.07, 6.45) is 1.95. The first kappa shape index (κ1) is 50.4. The Morgan fingerprint density at radius 2 is 0.974 bits per heavy atom. The van der Waals surface area contributed by atoms with Gasteiger partial charge in [0.2, 0.25) is 0 Å². The summed E-state index contributed by atoms with van der Waals surface area (Å²) in [4.78, 5) is 9.99. The van der Waals surface area contributed by atoms with Gasteiger partial charge in [-0.05, 0) is 120 Å². The zero-order valence-corrected chi connectivity index (χ0v) is 47.4. The standard InChI is InChI=1S/C72H68N4OSi/c1-70(2,3)51-40-41-73-68(45-51)76-65-39-37-61(78(58-28-16-11-17-29-58,59-30-18-12-19-31-59)60-32-20-13-21-33-60)48-64(65)63-38-36-57(47-67(63)76)77-56-27-22-26-55(46-56)74-49-75(54-24-14-10-15-25-54)69-62(34-23-35-66(69)74)50-42-52(71(4,5)6)44-53(43-50)72(7,8)9/h10-48H,49H2,1-9H3. The number of rotatable bonds is 10. The fourth-order valence-electron chi connectivity index (χ4n) is 11.7. The summed E-state index contributed by atoms with van der Waals surface area (Å²) < 4.78 is 9.35. The van der Waals surface area contributed by atoms with Crippen LogP contribution in [0.2, 0.25) is 0 Å². The predicted molar refractivity (Wildman–Crippen MR) is 332 cm³/mol. The average Bonchev–Trinajstić information content (AvgIpc) is 4.19. The van der Waals surface area contributed by atoms with Crippen LogP contribution in [0.25, 0.3) is 38.8 Å². The van der Waals surface area contributed by atoms with Gasteiger partial charge < -0.3 is 14.5 Å². The lowest BCUT2D eigenvalue weighted by Crippen LogP contribution is -2.74. The van der Waals surface area contributed by atoms with Crippen LogP contribution in [0.1, 0.15) is 79.0 Å². The van der Waals surface area contributed by atoms with E-state index in [2.05, 4.69) is 307 Å². The van der Waals surface area contributed by atoms with Crippen molar-refractivity contribution in [1.29, 1.82) is 0 Å². The molecule has 0 atom stereocenters. The molecule has 1 aliphatic rings. The van der Waals surface area contributed by atoms with Crippen LogP contribution >= 0.6 is 0 Å². The topological polar surface area (TPSA) is 33.5 Å². The maximum Gasteiger partial charge on any atom is 0.179 e. The number of pyridine rings is 1. The molecule has 1 aliphatic heterocycles. The highest BCUT2D eigenvalue weighted by Crippen LogP contribution is 2.51. The van der Waals surface area contributed by atoms with E-state index in [1.165, 1.54) is 59.6 Å². The van der Waals surface area contributed by atoms with Crippen LogP contribution in [0.15, 0.2) is 237 Å². The van der Waals surface area contributed by atoms with E-state index >= 15 is 0 Å². The molecular weight excluding hydrogens is 965 g/mol. The summed E-state index contributed by atoms with van der Waals surface area (Å²) in [5.74, 6) is 2.39. The van der Waals surface area contributed by atoms with Crippen LogP contribution in [0.4, 0.5) is 22.7 Å². The molecule has 0 bridgehead atoms. The lowest BCUT2D eigenvalue weighted by molar-refractivity contribution is 0.483. The van der Waals surface area contributed by atoms with Gasteiger partial charge in [0.1, 0.15) is 24.0 Å². The number of ether oxygens (including phenoxy) is 1. The number of benzene rings is 9. The van der Waals surface area contributed by atoms with E-state index in [0.717, 1.165) is 50.8 Å². The molecule has 11 aromatic rings. The summed E-state index contributed by atoms with van der Waals surface area (Å²) in [6.45, 7) is 21.3. The van der Waals surface area contributed by atoms with E-state index in [4.69, 9.17) is 9.72 Å². The van der Waals surface area contributed by atoms with Crippen molar-refractivity contribution in [3.8, 4) is 28.4 Å². The smallest absolute Gasteiger partial charge is 0.179 e. The molecule has 0 radical (unpaired) electrons. The molecule has 0 fully saturated rings. The van der Waals surface area contributed by atoms with Gasteiger partial charge in [-0.25, -0.2) is 4.98 Å². The van der Waals surface area contributed by atoms with Crippen LogP contribution in [-0.2, 0) is 16.2 Å². The first-order valence-electron chi connectivity index (χ1n) is 27.5. The molecule has 0 unspecified atom stereocenters. The number of aromatic nitrogens is 2. The molecule has 3 heterocycles. The van der Waals surface area contributed by atoms with Crippen LogP contribution < -0.4 is 35.3 Å². The summed E-state index contributed by atoms with van der Waals surface area (Å²) in [6, 6.07) is 85.0. The van der Waals surface area contributed by atoms with Gasteiger partial charge in [-0.1, -0.05) is 220 Å². The molecule has 0 saturated heterocycles. The number of anilines is 4. The van der Waals surface area contributed by atoms with E-state index in [0.29, 0.717) is 6.67 Å². The molecule has 5 nitrogen and oxygen atoms in total. The highest BCUT2D eigenvalue weighted by molar-refractivity contribution is 7.20. The quantitative estimate of drug-likeness (QED) is 0.101. The van der Waals surface area contributed by atoms with Gasteiger partial charge >= 0.3 is 0 Å². The summed E-state index contributed by atoms with van der Waals surface area (Å²) in [7, 11) is -2.83. The first-order chi connectivity index (χ1) is 37.6. The summed E-state index contributed by atoms with van der Waals surface area (Å²) >= 11 is 0. The van der Waals surface area contributed by atoms with Crippen LogP contribution in [0.3, 0.4) is 0 Å². The van der Waals surface area contributed by atoms with Crippen molar-refractivity contribution in [2.45, 2.75) is 78.6 Å². The van der Waals surface area contributed by atoms with E-state index in [9.17, 15) is 0 Å². The molecule has 78 heavy (non-hydrogen) atoms. The van der Waals surface area contributed by atoms with Crippen molar-refractivity contribution in [1.82, 2.24) is 9.55 Å². The molecule has 12 rings (SSSR count). The molecule has 6 heteroatoms. The molecule has 0 spiro atoms. The van der Waals surface area contributed by atoms with Gasteiger partial charge in [0.15, 0.2) is 8.07 Å². The Balaban J connectivity index is 0.986. The fourth-order valence-corrected chi connectivity index (χ4v) is 16.5. The number of fused-ring (bicyclic) bond motifs is 4. The fraction of sp³-hybridized carbons (Fsp3) is 0.181. The molecule has 0 aliphatic carbocycles. The average molecular weight is 1030 g/mol. The van der Waals surface area contributed by atoms with Crippen LogP contribution in [-0.4, -0.2) is 24.3 Å². The Bertz CT molecular complexity index is 3850. The monoisotopic (exact) mass is 1030 g/mol. The molecule has 0 saturated carbocycles. The maximum absolute atomic E-state index is 7.02. The second-order valence-electron chi connectivity index (χ2n) is 24.2. The maximum atomic E-state index is 7.02. The Kier molecular flexibility index (Phi) is 12.6. The van der Waals surface area contributed by atoms with Crippen molar-refractivity contribution >= 4 is 73.4 Å². The van der Waals surface area contributed by atoms with Crippen molar-refractivity contribution in [2.24, 2.45) is 0 Å². The normalized spacial score (nSPS) is 13.1. The number of nitrogens with zero attached hydrogens (tertiary/aromatic N) is 4. The summed E-state index contributed by atoms with van der Waals surface area (Å²) in [5.41, 5.74) is 12.9. The van der Waals surface area contributed by atoms with Gasteiger partial charge in [0.05, 0.1) is 22.4 Å². The van der Waals surface area contributed by atoms with Crippen molar-refractivity contribution in [3.05, 3.63) is 253 Å². The highest BCUT2D eigenvalue weighted by atomic mass is 28.3. The Hall–Kier alpha value is -8.45. The van der Waals surface area contributed by atoms with Crippen LogP contribution in [0.5, 0.6) is 11.5 Å². The van der Waals surface area contributed by atoms with E-state index in [1.54, 1.807) is 0 Å². The lowest BCUT2D eigenvalue weighted by atomic mass is 9.78. The zero-order chi connectivity index (χ0) is 54.0.